The van der Waals surface area contributed by atoms with Crippen molar-refractivity contribution in [2.45, 2.75) is 26.3 Å². The van der Waals surface area contributed by atoms with Crippen molar-refractivity contribution in [3.63, 3.8) is 0 Å². The van der Waals surface area contributed by atoms with Gasteiger partial charge in [-0.1, -0.05) is 11.3 Å². The van der Waals surface area contributed by atoms with Crippen LogP contribution in [-0.4, -0.2) is 17.8 Å². The van der Waals surface area contributed by atoms with Crippen molar-refractivity contribution in [3.8, 4) is 0 Å². The summed E-state index contributed by atoms with van der Waals surface area (Å²) in [4.78, 5) is 20.0. The second-order valence-electron chi connectivity index (χ2n) is 4.48. The first-order chi connectivity index (χ1) is 8.70. The number of hydrogen-bond donors (Lipinski definition) is 0. The van der Waals surface area contributed by atoms with Crippen molar-refractivity contribution >= 4 is 34.1 Å². The van der Waals surface area contributed by atoms with Gasteiger partial charge in [0.15, 0.2) is 11.4 Å². The van der Waals surface area contributed by atoms with Crippen molar-refractivity contribution in [1.29, 1.82) is 0 Å². The molecule has 18 heavy (non-hydrogen) atoms. The van der Waals surface area contributed by atoms with Gasteiger partial charge in [-0.15, -0.1) is 11.3 Å². The van der Waals surface area contributed by atoms with Gasteiger partial charge in [0.1, 0.15) is 0 Å². The number of fused-ring (bicyclic) bond motifs is 1. The molecule has 0 bridgehead atoms. The number of thiophene rings is 1. The highest BCUT2D eigenvalue weighted by Gasteiger charge is 2.27. The molecule has 5 heteroatoms. The lowest BCUT2D eigenvalue weighted by Gasteiger charge is -2.33. The molecule has 2 aromatic heterocycles. The average molecular weight is 278 g/mol. The van der Waals surface area contributed by atoms with Crippen LogP contribution in [0.3, 0.4) is 0 Å². The van der Waals surface area contributed by atoms with Gasteiger partial charge in [0.2, 0.25) is 0 Å². The Morgan fingerprint density at radius 2 is 2.39 bits per heavy atom. The van der Waals surface area contributed by atoms with Crippen molar-refractivity contribution in [1.82, 2.24) is 4.98 Å². The highest BCUT2D eigenvalue weighted by atomic mass is 32.1. The highest BCUT2D eigenvalue weighted by molar-refractivity contribution is 7.17. The maximum Gasteiger partial charge on any atom is 0.186 e. The summed E-state index contributed by atoms with van der Waals surface area (Å²) in [6.45, 7) is 5.09. The fraction of sp³-hybridized carbons (Fsp3) is 0.385. The molecule has 0 aromatic carbocycles. The van der Waals surface area contributed by atoms with Crippen molar-refractivity contribution in [2.75, 3.05) is 11.4 Å². The minimum absolute atomic E-state index is 0.352. The van der Waals surface area contributed by atoms with Gasteiger partial charge in [-0.3, -0.25) is 4.79 Å². The molecule has 94 valence electrons. The summed E-state index contributed by atoms with van der Waals surface area (Å²) >= 11 is 3.34. The van der Waals surface area contributed by atoms with Gasteiger partial charge in [-0.05, 0) is 37.3 Å². The third kappa shape index (κ3) is 1.78. The predicted molar refractivity (Wildman–Crippen MR) is 76.0 cm³/mol. The monoisotopic (exact) mass is 278 g/mol. The maximum atomic E-state index is 10.9. The van der Waals surface area contributed by atoms with E-state index in [0.29, 0.717) is 6.04 Å². The molecule has 3 rings (SSSR count). The van der Waals surface area contributed by atoms with E-state index in [4.69, 9.17) is 0 Å². The maximum absolute atomic E-state index is 10.9. The Bertz CT molecular complexity index is 588. The minimum atomic E-state index is 0.352. The molecule has 0 aliphatic carbocycles. The van der Waals surface area contributed by atoms with Gasteiger partial charge in [-0.25, -0.2) is 4.98 Å². The first-order valence-electron chi connectivity index (χ1n) is 5.96. The van der Waals surface area contributed by atoms with E-state index >= 15 is 0 Å². The van der Waals surface area contributed by atoms with Crippen LogP contribution in [0, 0.1) is 6.92 Å². The van der Waals surface area contributed by atoms with Crippen LogP contribution >= 0.6 is 22.7 Å². The zero-order valence-electron chi connectivity index (χ0n) is 10.3. The van der Waals surface area contributed by atoms with E-state index in [1.807, 2.05) is 18.3 Å². The zero-order chi connectivity index (χ0) is 12.7. The third-order valence-corrected chi connectivity index (χ3v) is 5.57. The minimum Gasteiger partial charge on any atom is -0.341 e. The summed E-state index contributed by atoms with van der Waals surface area (Å²) in [5, 5.41) is 3.13. The molecule has 3 nitrogen and oxygen atoms in total. The molecule has 1 aliphatic rings. The van der Waals surface area contributed by atoms with Crippen molar-refractivity contribution in [3.05, 3.63) is 32.5 Å². The van der Waals surface area contributed by atoms with Crippen LogP contribution < -0.4 is 4.90 Å². The molecule has 0 spiro atoms. The Balaban J connectivity index is 1.96. The molecule has 1 atom stereocenters. The van der Waals surface area contributed by atoms with E-state index in [0.717, 1.165) is 35.0 Å². The molecule has 0 radical (unpaired) electrons. The smallest absolute Gasteiger partial charge is 0.186 e. The van der Waals surface area contributed by atoms with E-state index in [2.05, 4.69) is 28.3 Å². The van der Waals surface area contributed by atoms with Crippen LogP contribution in [-0.2, 0) is 6.42 Å². The molecule has 3 heterocycles. The summed E-state index contributed by atoms with van der Waals surface area (Å²) in [5.41, 5.74) is 2.25. The van der Waals surface area contributed by atoms with Gasteiger partial charge in [0.05, 0.1) is 16.6 Å². The summed E-state index contributed by atoms with van der Waals surface area (Å²) in [5.74, 6) is 0. The Hall–Kier alpha value is -1.20. The van der Waals surface area contributed by atoms with E-state index in [1.165, 1.54) is 21.8 Å². The van der Waals surface area contributed by atoms with E-state index < -0.39 is 0 Å². The fourth-order valence-electron chi connectivity index (χ4n) is 2.40. The molecule has 1 unspecified atom stereocenters. The van der Waals surface area contributed by atoms with E-state index in [1.54, 1.807) is 0 Å². The Kier molecular flexibility index (Phi) is 2.95. The molecule has 0 amide bonds. The molecule has 0 saturated carbocycles. The number of anilines is 1. The van der Waals surface area contributed by atoms with Crippen LogP contribution in [0.5, 0.6) is 0 Å². The van der Waals surface area contributed by atoms with E-state index in [-0.39, 0.29) is 0 Å². The molecule has 0 saturated heterocycles. The number of aryl methyl sites for hydroxylation is 1. The number of thiazole rings is 1. The molecular weight excluding hydrogens is 264 g/mol. The quantitative estimate of drug-likeness (QED) is 0.789. The Labute approximate surface area is 114 Å². The van der Waals surface area contributed by atoms with Crippen molar-refractivity contribution < 1.29 is 4.79 Å². The molecule has 2 aromatic rings. The van der Waals surface area contributed by atoms with Gasteiger partial charge < -0.3 is 4.90 Å². The number of carbonyl (C=O) groups excluding carboxylic acids is 1. The summed E-state index contributed by atoms with van der Waals surface area (Å²) in [6, 6.07) is 2.56. The average Bonchev–Trinajstić information content (AvgIpc) is 2.96. The number of rotatable bonds is 2. The summed E-state index contributed by atoms with van der Waals surface area (Å²) in [6.07, 6.45) is 1.98. The predicted octanol–water partition coefficient (Wildman–Crippen LogP) is 3.45. The van der Waals surface area contributed by atoms with Crippen LogP contribution in [0.25, 0.3) is 0 Å². The van der Waals surface area contributed by atoms with Gasteiger partial charge in [-0.2, -0.15) is 0 Å². The Morgan fingerprint density at radius 3 is 3.11 bits per heavy atom. The van der Waals surface area contributed by atoms with Crippen LogP contribution in [0.15, 0.2) is 11.4 Å². The summed E-state index contributed by atoms with van der Waals surface area (Å²) in [7, 11) is 0. The molecule has 0 N–H and O–H groups in total. The van der Waals surface area contributed by atoms with Gasteiger partial charge >= 0.3 is 0 Å². The largest absolute Gasteiger partial charge is 0.341 e. The lowest BCUT2D eigenvalue weighted by atomic mass is 10.0. The van der Waals surface area contributed by atoms with Crippen LogP contribution in [0.1, 0.15) is 38.8 Å². The normalized spacial score (nSPS) is 18.8. The third-order valence-electron chi connectivity index (χ3n) is 3.45. The second-order valence-corrected chi connectivity index (χ2v) is 6.49. The Morgan fingerprint density at radius 1 is 1.56 bits per heavy atom. The zero-order valence-corrected chi connectivity index (χ0v) is 12.0. The lowest BCUT2D eigenvalue weighted by Crippen LogP contribution is -2.32. The fourth-order valence-corrected chi connectivity index (χ4v) is 4.35. The standard InChI is InChI=1S/C13H14N2OS2/c1-8-12(7-16)18-13(14-8)15-5-3-11-10(9(15)2)4-6-17-11/h4,6-7,9H,3,5H2,1-2H3. The molecular formula is C13H14N2OS2. The number of aromatic nitrogens is 1. The first-order valence-corrected chi connectivity index (χ1v) is 7.66. The molecule has 1 aliphatic heterocycles. The number of carbonyl (C=O) groups is 1. The number of aldehydes is 1. The topological polar surface area (TPSA) is 33.2 Å². The number of hydrogen-bond acceptors (Lipinski definition) is 5. The van der Waals surface area contributed by atoms with Crippen LogP contribution in [0.4, 0.5) is 5.13 Å². The first kappa shape index (κ1) is 11.9. The van der Waals surface area contributed by atoms with Crippen LogP contribution in [0.2, 0.25) is 0 Å². The summed E-state index contributed by atoms with van der Waals surface area (Å²) < 4.78 is 0. The number of nitrogens with zero attached hydrogens (tertiary/aromatic N) is 2. The van der Waals surface area contributed by atoms with Crippen molar-refractivity contribution in [2.24, 2.45) is 0 Å². The van der Waals surface area contributed by atoms with Gasteiger partial charge in [0.25, 0.3) is 0 Å². The second kappa shape index (κ2) is 4.48. The van der Waals surface area contributed by atoms with E-state index in [9.17, 15) is 4.79 Å². The van der Waals surface area contributed by atoms with Gasteiger partial charge in [0, 0.05) is 11.4 Å². The molecule has 0 fully saturated rings. The highest BCUT2D eigenvalue weighted by Crippen LogP contribution is 2.37. The lowest BCUT2D eigenvalue weighted by molar-refractivity contribution is 0.112. The SMILES string of the molecule is Cc1nc(N2CCc3sccc3C2C)sc1C=O.